The Labute approximate surface area is 137 Å². The predicted octanol–water partition coefficient (Wildman–Crippen LogP) is 2.06. The quantitative estimate of drug-likeness (QED) is 0.890. The molecule has 0 aromatic heterocycles. The summed E-state index contributed by atoms with van der Waals surface area (Å²) in [6.07, 6.45) is 1.57. The second-order valence-electron chi connectivity index (χ2n) is 5.84. The summed E-state index contributed by atoms with van der Waals surface area (Å²) in [6.45, 7) is 3.83. The van der Waals surface area contributed by atoms with E-state index < -0.39 is 0 Å². The van der Waals surface area contributed by atoms with Gasteiger partial charge in [-0.25, -0.2) is 0 Å². The first kappa shape index (κ1) is 18.5. The van der Waals surface area contributed by atoms with Crippen molar-refractivity contribution in [2.45, 2.75) is 19.8 Å². The Morgan fingerprint density at radius 1 is 1.36 bits per heavy atom. The molecule has 2 amide bonds. The van der Waals surface area contributed by atoms with E-state index in [9.17, 15) is 9.59 Å². The number of halogens is 1. The molecule has 1 aromatic carbocycles. The lowest BCUT2D eigenvalue weighted by Crippen LogP contribution is -2.22. The van der Waals surface area contributed by atoms with E-state index in [0.29, 0.717) is 17.9 Å². The van der Waals surface area contributed by atoms with E-state index in [4.69, 9.17) is 0 Å². The van der Waals surface area contributed by atoms with Crippen LogP contribution in [0.4, 0.5) is 5.69 Å². The topological polar surface area (TPSA) is 61.4 Å². The predicted molar refractivity (Wildman–Crippen MR) is 90.7 cm³/mol. The lowest BCUT2D eigenvalue weighted by Gasteiger charge is -2.14. The maximum atomic E-state index is 12.1. The number of hydrogen-bond acceptors (Lipinski definition) is 3. The highest BCUT2D eigenvalue weighted by Gasteiger charge is 2.19. The summed E-state index contributed by atoms with van der Waals surface area (Å²) in [5.74, 6) is 0.364. The molecule has 0 aliphatic carbocycles. The van der Waals surface area contributed by atoms with Gasteiger partial charge in [0, 0.05) is 31.8 Å². The van der Waals surface area contributed by atoms with Crippen LogP contribution in [-0.4, -0.2) is 43.9 Å². The maximum Gasteiger partial charge on any atom is 0.253 e. The summed E-state index contributed by atoms with van der Waals surface area (Å²) >= 11 is 0. The van der Waals surface area contributed by atoms with Crippen molar-refractivity contribution in [3.63, 3.8) is 0 Å². The van der Waals surface area contributed by atoms with Gasteiger partial charge < -0.3 is 15.5 Å². The summed E-state index contributed by atoms with van der Waals surface area (Å²) in [5.41, 5.74) is 2.27. The molecule has 22 heavy (non-hydrogen) atoms. The van der Waals surface area contributed by atoms with E-state index in [2.05, 4.69) is 10.6 Å². The summed E-state index contributed by atoms with van der Waals surface area (Å²) in [5, 5.41) is 6.19. The molecule has 1 aliphatic heterocycles. The van der Waals surface area contributed by atoms with Crippen molar-refractivity contribution in [2.75, 3.05) is 32.5 Å². The molecule has 2 rings (SSSR count). The van der Waals surface area contributed by atoms with Crippen LogP contribution in [0, 0.1) is 12.8 Å². The van der Waals surface area contributed by atoms with Crippen molar-refractivity contribution < 1.29 is 9.59 Å². The van der Waals surface area contributed by atoms with Gasteiger partial charge >= 0.3 is 0 Å². The van der Waals surface area contributed by atoms with Gasteiger partial charge in [0.05, 0.1) is 0 Å². The molecule has 2 N–H and O–H groups in total. The Hall–Kier alpha value is -1.59. The Bertz CT molecular complexity index is 540. The molecule has 1 unspecified atom stereocenters. The van der Waals surface area contributed by atoms with Crippen LogP contribution < -0.4 is 10.6 Å². The minimum atomic E-state index is -0.0644. The van der Waals surface area contributed by atoms with Gasteiger partial charge in [0.1, 0.15) is 0 Å². The zero-order chi connectivity index (χ0) is 15.4. The molecular weight excluding hydrogens is 302 g/mol. The van der Waals surface area contributed by atoms with Gasteiger partial charge in [-0.3, -0.25) is 9.59 Å². The highest BCUT2D eigenvalue weighted by atomic mass is 35.5. The summed E-state index contributed by atoms with van der Waals surface area (Å²) < 4.78 is 0. The van der Waals surface area contributed by atoms with Crippen molar-refractivity contribution in [3.05, 3.63) is 29.3 Å². The molecule has 1 fully saturated rings. The zero-order valence-electron chi connectivity index (χ0n) is 13.3. The van der Waals surface area contributed by atoms with Gasteiger partial charge in [0.25, 0.3) is 5.91 Å². The fourth-order valence-electron chi connectivity index (χ4n) is 2.50. The zero-order valence-corrected chi connectivity index (χ0v) is 14.1. The number of nitrogens with one attached hydrogen (secondary N) is 2. The monoisotopic (exact) mass is 325 g/mol. The minimum absolute atomic E-state index is 0. The first-order chi connectivity index (χ1) is 9.97. The van der Waals surface area contributed by atoms with Gasteiger partial charge in [-0.15, -0.1) is 12.4 Å². The molecule has 0 saturated carbocycles. The number of hydrogen-bond donors (Lipinski definition) is 2. The largest absolute Gasteiger partial charge is 0.345 e. The van der Waals surface area contributed by atoms with Crippen LogP contribution in [0.2, 0.25) is 0 Å². The third-order valence-corrected chi connectivity index (χ3v) is 3.80. The number of amides is 2. The number of carbonyl (C=O) groups excluding carboxylic acids is 2. The number of carbonyl (C=O) groups is 2. The van der Waals surface area contributed by atoms with Crippen LogP contribution in [0.15, 0.2) is 18.2 Å². The minimum Gasteiger partial charge on any atom is -0.345 e. The normalized spacial score (nSPS) is 16.8. The lowest BCUT2D eigenvalue weighted by molar-refractivity contribution is -0.117. The molecule has 1 atom stereocenters. The van der Waals surface area contributed by atoms with E-state index >= 15 is 0 Å². The van der Waals surface area contributed by atoms with Crippen LogP contribution in [0.5, 0.6) is 0 Å². The maximum absolute atomic E-state index is 12.1. The van der Waals surface area contributed by atoms with Gasteiger partial charge in [-0.2, -0.15) is 0 Å². The molecule has 5 nitrogen and oxygen atoms in total. The molecule has 1 saturated heterocycles. The number of benzene rings is 1. The van der Waals surface area contributed by atoms with Gasteiger partial charge in [-0.05, 0) is 50.0 Å². The first-order valence-corrected chi connectivity index (χ1v) is 7.30. The van der Waals surface area contributed by atoms with Gasteiger partial charge in [0.2, 0.25) is 5.91 Å². The van der Waals surface area contributed by atoms with Crippen LogP contribution in [0.3, 0.4) is 0 Å². The SMILES string of the molecule is Cc1ccc(C(=O)N(C)C)cc1NC(=O)CC1CCNC1.Cl. The van der Waals surface area contributed by atoms with Crippen LogP contribution >= 0.6 is 12.4 Å². The molecule has 1 aliphatic rings. The fourth-order valence-corrected chi connectivity index (χ4v) is 2.50. The number of aryl methyl sites for hydroxylation is 1. The van der Waals surface area contributed by atoms with E-state index in [1.165, 1.54) is 4.90 Å². The Balaban J connectivity index is 0.00000242. The second-order valence-corrected chi connectivity index (χ2v) is 5.84. The molecule has 0 bridgehead atoms. The Kier molecular flexibility index (Phi) is 6.84. The third kappa shape index (κ3) is 4.71. The van der Waals surface area contributed by atoms with Crippen molar-refractivity contribution in [1.29, 1.82) is 0 Å². The lowest BCUT2D eigenvalue weighted by atomic mass is 10.0. The van der Waals surface area contributed by atoms with Crippen LogP contribution in [-0.2, 0) is 4.79 Å². The van der Waals surface area contributed by atoms with Crippen molar-refractivity contribution in [2.24, 2.45) is 5.92 Å². The number of anilines is 1. The smallest absolute Gasteiger partial charge is 0.253 e. The van der Waals surface area contributed by atoms with E-state index in [-0.39, 0.29) is 24.2 Å². The summed E-state index contributed by atoms with van der Waals surface area (Å²) in [6, 6.07) is 5.40. The van der Waals surface area contributed by atoms with Crippen LogP contribution in [0.25, 0.3) is 0 Å². The summed E-state index contributed by atoms with van der Waals surface area (Å²) in [4.78, 5) is 25.6. The van der Waals surface area contributed by atoms with Gasteiger partial charge in [-0.1, -0.05) is 6.07 Å². The molecule has 122 valence electrons. The molecule has 1 heterocycles. The third-order valence-electron chi connectivity index (χ3n) is 3.80. The number of rotatable bonds is 4. The van der Waals surface area contributed by atoms with Gasteiger partial charge in [0.15, 0.2) is 0 Å². The molecule has 0 spiro atoms. The van der Waals surface area contributed by atoms with E-state index in [1.807, 2.05) is 13.0 Å². The van der Waals surface area contributed by atoms with Crippen molar-refractivity contribution >= 4 is 29.9 Å². The second kappa shape index (κ2) is 8.15. The Morgan fingerprint density at radius 2 is 2.09 bits per heavy atom. The first-order valence-electron chi connectivity index (χ1n) is 7.30. The highest BCUT2D eigenvalue weighted by molar-refractivity contribution is 5.97. The fraction of sp³-hybridized carbons (Fsp3) is 0.500. The van der Waals surface area contributed by atoms with Crippen molar-refractivity contribution in [3.8, 4) is 0 Å². The average molecular weight is 326 g/mol. The van der Waals surface area contributed by atoms with Crippen LogP contribution in [0.1, 0.15) is 28.8 Å². The average Bonchev–Trinajstić information content (AvgIpc) is 2.93. The molecule has 0 radical (unpaired) electrons. The molecule has 1 aromatic rings. The summed E-state index contributed by atoms with van der Waals surface area (Å²) in [7, 11) is 3.43. The van der Waals surface area contributed by atoms with Crippen molar-refractivity contribution in [1.82, 2.24) is 10.2 Å². The highest BCUT2D eigenvalue weighted by Crippen LogP contribution is 2.19. The number of nitrogens with zero attached hydrogens (tertiary/aromatic N) is 1. The molecular formula is C16H24ClN3O2. The molecule has 6 heteroatoms. The van der Waals surface area contributed by atoms with E-state index in [1.54, 1.807) is 26.2 Å². The standard InChI is InChI=1S/C16H23N3O2.ClH/c1-11-4-5-13(16(21)19(2)3)9-14(11)18-15(20)8-12-6-7-17-10-12;/h4-5,9,12,17H,6-8,10H2,1-3H3,(H,18,20);1H. The Morgan fingerprint density at radius 3 is 2.68 bits per heavy atom. The van der Waals surface area contributed by atoms with E-state index in [0.717, 1.165) is 30.8 Å².